The Labute approximate surface area is 332 Å². The van der Waals surface area contributed by atoms with Gasteiger partial charge in [-0.05, 0) is 82.6 Å². The van der Waals surface area contributed by atoms with E-state index in [1.165, 1.54) is 128 Å². The molecule has 5 nitrogen and oxygen atoms in total. The smallest absolute Gasteiger partial charge is 0.410 e. The van der Waals surface area contributed by atoms with Crippen LogP contribution in [0.15, 0.2) is 78.9 Å². The average Bonchev–Trinajstić information content (AvgIpc) is 3.74. The van der Waals surface area contributed by atoms with Crippen molar-refractivity contribution < 1.29 is 19.0 Å². The van der Waals surface area contributed by atoms with Crippen LogP contribution in [0, 0.1) is 0 Å². The van der Waals surface area contributed by atoms with Crippen LogP contribution in [0.1, 0.15) is 186 Å². The minimum atomic E-state index is -0.500. The van der Waals surface area contributed by atoms with Crippen LogP contribution in [-0.2, 0) is 20.8 Å². The Kier molecular flexibility index (Phi) is 25.9. The molecule has 304 valence electrons. The van der Waals surface area contributed by atoms with Gasteiger partial charge in [-0.1, -0.05) is 170 Å². The molecular weight excluding hydrogens is 667 g/mol. The maximum absolute atomic E-state index is 12.9. The molecule has 2 atom stereocenters. The van der Waals surface area contributed by atoms with Gasteiger partial charge in [0.15, 0.2) is 5.79 Å². The summed E-state index contributed by atoms with van der Waals surface area (Å²) in [5.74, 6) is -0.500. The first-order valence-electron chi connectivity index (χ1n) is 22.6. The molecule has 0 saturated carbocycles. The monoisotopic (exact) mass is 746 g/mol. The van der Waals surface area contributed by atoms with Crippen molar-refractivity contribution in [3.63, 3.8) is 0 Å². The third kappa shape index (κ3) is 20.9. The number of carbonyl (C=O) groups is 1. The molecule has 1 aromatic rings. The van der Waals surface area contributed by atoms with Crippen LogP contribution in [-0.4, -0.2) is 42.1 Å². The second-order valence-electron chi connectivity index (χ2n) is 15.8. The number of allylic oxidation sites excluding steroid dienone is 8. The molecule has 5 heteroatoms. The molecule has 3 rings (SSSR count). The summed E-state index contributed by atoms with van der Waals surface area (Å²) < 4.78 is 19.2. The van der Waals surface area contributed by atoms with Crippen LogP contribution in [0.3, 0.4) is 0 Å². The van der Waals surface area contributed by atoms with E-state index < -0.39 is 5.79 Å². The minimum absolute atomic E-state index is 0.0662. The van der Waals surface area contributed by atoms with Gasteiger partial charge in [-0.2, -0.15) is 0 Å². The molecule has 2 aliphatic rings. The zero-order chi connectivity index (χ0) is 38.2. The first-order chi connectivity index (χ1) is 26.7. The molecule has 2 heterocycles. The standard InChI is InChI=1S/C49H79NO4/c1-3-5-7-9-11-13-15-17-19-21-23-25-27-29-31-36-40-49(41-37-32-30-28-26-24-22-20-18-16-14-12-10-8-6-4-2)53-46-42-50(43-47(46)54-49)48(51)52-44-45-38-34-33-35-39-45/h11-14,17-20,33-35,38-39,46-47H,3-10,15-16,21-32,36-37,40-44H2,1-2H3/b13-11-,14-12-,19-17-,20-18-/t46-,47-/m1/s1. The SMILES string of the molecule is CCCCC/C=C\C/C=C\CCCCCCCCC1(CCCCCCCC/C=C\C/C=C\CCCCC)O[C@@H]2CN(C(=O)OCc3ccccc3)C[C@H]2O1. The maximum Gasteiger partial charge on any atom is 0.410 e. The van der Waals surface area contributed by atoms with Gasteiger partial charge in [0.2, 0.25) is 0 Å². The van der Waals surface area contributed by atoms with Crippen LogP contribution in [0.25, 0.3) is 0 Å². The van der Waals surface area contributed by atoms with Crippen molar-refractivity contribution in [3.05, 3.63) is 84.5 Å². The summed E-state index contributed by atoms with van der Waals surface area (Å²) in [6.07, 6.45) is 50.2. The summed E-state index contributed by atoms with van der Waals surface area (Å²) in [6.45, 7) is 5.91. The third-order valence-corrected chi connectivity index (χ3v) is 10.9. The van der Waals surface area contributed by atoms with E-state index in [1.54, 1.807) is 4.90 Å². The van der Waals surface area contributed by atoms with Crippen molar-refractivity contribution in [2.75, 3.05) is 13.1 Å². The van der Waals surface area contributed by atoms with Crippen molar-refractivity contribution in [1.29, 1.82) is 0 Å². The molecule has 2 fully saturated rings. The van der Waals surface area contributed by atoms with Gasteiger partial charge in [0, 0.05) is 12.8 Å². The van der Waals surface area contributed by atoms with Crippen molar-refractivity contribution in [3.8, 4) is 0 Å². The number of unbranched alkanes of at least 4 members (excludes halogenated alkanes) is 18. The van der Waals surface area contributed by atoms with E-state index in [4.69, 9.17) is 14.2 Å². The summed E-state index contributed by atoms with van der Waals surface area (Å²) >= 11 is 0. The van der Waals surface area contributed by atoms with Crippen molar-refractivity contribution >= 4 is 6.09 Å². The van der Waals surface area contributed by atoms with Gasteiger partial charge in [-0.3, -0.25) is 0 Å². The van der Waals surface area contributed by atoms with Gasteiger partial charge in [0.25, 0.3) is 0 Å². The predicted octanol–water partition coefficient (Wildman–Crippen LogP) is 14.5. The fraction of sp³-hybridized carbons (Fsp3) is 0.694. The molecular formula is C49H79NO4. The highest BCUT2D eigenvalue weighted by atomic mass is 16.8. The molecule has 0 radical (unpaired) electrons. The number of ether oxygens (including phenoxy) is 3. The molecule has 2 aliphatic heterocycles. The Morgan fingerprint density at radius 3 is 1.44 bits per heavy atom. The summed E-state index contributed by atoms with van der Waals surface area (Å²) in [6, 6.07) is 9.87. The van der Waals surface area contributed by atoms with E-state index >= 15 is 0 Å². The lowest BCUT2D eigenvalue weighted by atomic mass is 9.98. The summed E-state index contributed by atoms with van der Waals surface area (Å²) in [5, 5.41) is 0. The van der Waals surface area contributed by atoms with E-state index in [9.17, 15) is 4.79 Å². The van der Waals surface area contributed by atoms with Gasteiger partial charge < -0.3 is 19.1 Å². The van der Waals surface area contributed by atoms with Gasteiger partial charge in [-0.25, -0.2) is 4.79 Å². The number of nitrogens with zero attached hydrogens (tertiary/aromatic N) is 1. The fourth-order valence-electron chi connectivity index (χ4n) is 7.64. The molecule has 2 saturated heterocycles. The molecule has 0 bridgehead atoms. The molecule has 1 amide bonds. The number of fused-ring (bicyclic) bond motifs is 1. The van der Waals surface area contributed by atoms with E-state index in [0.717, 1.165) is 44.1 Å². The first-order valence-corrected chi connectivity index (χ1v) is 22.6. The fourth-order valence-corrected chi connectivity index (χ4v) is 7.64. The lowest BCUT2D eigenvalue weighted by Crippen LogP contribution is -2.37. The van der Waals surface area contributed by atoms with E-state index in [2.05, 4.69) is 62.5 Å². The molecule has 54 heavy (non-hydrogen) atoms. The lowest BCUT2D eigenvalue weighted by molar-refractivity contribution is -0.193. The number of rotatable bonds is 32. The average molecular weight is 746 g/mol. The van der Waals surface area contributed by atoms with Crippen molar-refractivity contribution in [1.82, 2.24) is 4.90 Å². The van der Waals surface area contributed by atoms with Crippen LogP contribution in [0.4, 0.5) is 4.79 Å². The summed E-state index contributed by atoms with van der Waals surface area (Å²) in [4.78, 5) is 14.6. The topological polar surface area (TPSA) is 48.0 Å². The van der Waals surface area contributed by atoms with E-state index in [0.29, 0.717) is 13.1 Å². The van der Waals surface area contributed by atoms with Gasteiger partial charge >= 0.3 is 6.09 Å². The number of carbonyl (C=O) groups excluding carboxylic acids is 1. The predicted molar refractivity (Wildman–Crippen MR) is 229 cm³/mol. The molecule has 0 unspecified atom stereocenters. The second kappa shape index (κ2) is 30.6. The van der Waals surface area contributed by atoms with Crippen LogP contribution in [0.5, 0.6) is 0 Å². The summed E-state index contributed by atoms with van der Waals surface area (Å²) in [5.41, 5.74) is 0.998. The Morgan fingerprint density at radius 2 is 1.00 bits per heavy atom. The van der Waals surface area contributed by atoms with Crippen LogP contribution in [0.2, 0.25) is 0 Å². The quantitative estimate of drug-likeness (QED) is 0.0544. The van der Waals surface area contributed by atoms with Crippen molar-refractivity contribution in [2.24, 2.45) is 0 Å². The summed E-state index contributed by atoms with van der Waals surface area (Å²) in [7, 11) is 0. The van der Waals surface area contributed by atoms with Gasteiger partial charge in [0.05, 0.1) is 13.1 Å². The van der Waals surface area contributed by atoms with E-state index in [1.807, 2.05) is 30.3 Å². The maximum atomic E-state index is 12.9. The zero-order valence-electron chi connectivity index (χ0n) is 34.7. The molecule has 0 aromatic heterocycles. The second-order valence-corrected chi connectivity index (χ2v) is 15.8. The highest BCUT2D eigenvalue weighted by Crippen LogP contribution is 2.40. The largest absolute Gasteiger partial charge is 0.445 e. The first kappa shape index (κ1) is 45.8. The Bertz CT molecular complexity index is 1110. The number of amides is 1. The highest BCUT2D eigenvalue weighted by molar-refractivity contribution is 5.68. The lowest BCUT2D eigenvalue weighted by Gasteiger charge is -2.30. The Balaban J connectivity index is 1.31. The normalized spacial score (nSPS) is 18.3. The number of likely N-dealkylation sites (tertiary alicyclic amines) is 1. The van der Waals surface area contributed by atoms with Crippen LogP contribution < -0.4 is 0 Å². The van der Waals surface area contributed by atoms with E-state index in [-0.39, 0.29) is 24.9 Å². The zero-order valence-corrected chi connectivity index (χ0v) is 34.7. The number of hydrogen-bond donors (Lipinski definition) is 0. The number of benzene rings is 1. The van der Waals surface area contributed by atoms with Crippen LogP contribution >= 0.6 is 0 Å². The Morgan fingerprint density at radius 1 is 0.593 bits per heavy atom. The molecule has 0 N–H and O–H groups in total. The molecule has 1 aromatic carbocycles. The number of hydrogen-bond acceptors (Lipinski definition) is 4. The van der Waals surface area contributed by atoms with Gasteiger partial charge in [-0.15, -0.1) is 0 Å². The minimum Gasteiger partial charge on any atom is -0.445 e. The molecule has 0 aliphatic carbocycles. The molecule has 0 spiro atoms. The van der Waals surface area contributed by atoms with Crippen molar-refractivity contribution in [2.45, 2.75) is 205 Å². The highest BCUT2D eigenvalue weighted by Gasteiger charge is 2.51. The van der Waals surface area contributed by atoms with Gasteiger partial charge in [0.1, 0.15) is 18.8 Å². The third-order valence-electron chi connectivity index (χ3n) is 10.9. The Hall–Kier alpha value is -2.63.